The Morgan fingerprint density at radius 1 is 1.16 bits per heavy atom. The molecule has 0 unspecified atom stereocenters. The third kappa shape index (κ3) is 6.36. The molecule has 0 bridgehead atoms. The Morgan fingerprint density at radius 3 is 2.48 bits per heavy atom. The van der Waals surface area contributed by atoms with Crippen molar-refractivity contribution in [2.45, 2.75) is 48.9 Å². The molecular formula is C20H21BrCl2O6S2. The summed E-state index contributed by atoms with van der Waals surface area (Å²) in [6, 6.07) is 4.01. The van der Waals surface area contributed by atoms with Gasteiger partial charge in [0.1, 0.15) is 31.5 Å². The van der Waals surface area contributed by atoms with Crippen molar-refractivity contribution in [2.75, 3.05) is 13.2 Å². The Hall–Kier alpha value is -0.840. The Labute approximate surface area is 203 Å². The van der Waals surface area contributed by atoms with E-state index in [0.29, 0.717) is 12.2 Å². The van der Waals surface area contributed by atoms with Crippen molar-refractivity contribution in [3.05, 3.63) is 42.5 Å². The van der Waals surface area contributed by atoms with E-state index in [1.165, 1.54) is 24.6 Å². The third-order valence-electron chi connectivity index (χ3n) is 4.90. The lowest BCUT2D eigenvalue weighted by atomic mass is 9.98. The lowest BCUT2D eigenvalue weighted by Gasteiger charge is -2.21. The molecule has 11 heteroatoms. The summed E-state index contributed by atoms with van der Waals surface area (Å²) in [5.74, 6) is -1.48. The highest BCUT2D eigenvalue weighted by Gasteiger charge is 2.27. The number of sulfone groups is 1. The molecular weight excluding hydrogens is 551 g/mol. The summed E-state index contributed by atoms with van der Waals surface area (Å²) >= 11 is 16.0. The molecule has 0 radical (unpaired) electrons. The van der Waals surface area contributed by atoms with Crippen LogP contribution >= 0.6 is 50.5 Å². The molecule has 0 amide bonds. The maximum absolute atomic E-state index is 12.7. The second kappa shape index (κ2) is 10.9. The number of halogens is 3. The fourth-order valence-corrected chi connectivity index (χ4v) is 8.50. The smallest absolute Gasteiger partial charge is 0.341 e. The van der Waals surface area contributed by atoms with Crippen LogP contribution in [0, 0.1) is 0 Å². The van der Waals surface area contributed by atoms with Crippen molar-refractivity contribution in [1.29, 1.82) is 0 Å². The fourth-order valence-electron chi connectivity index (χ4n) is 3.39. The highest BCUT2D eigenvalue weighted by molar-refractivity contribution is 9.10. The summed E-state index contributed by atoms with van der Waals surface area (Å²) < 4.78 is 36.8. The maximum atomic E-state index is 12.7. The van der Waals surface area contributed by atoms with E-state index in [4.69, 9.17) is 32.7 Å². The third-order valence-corrected chi connectivity index (χ3v) is 10.0. The molecule has 170 valence electrons. The number of aromatic hydroxyl groups is 1. The monoisotopic (exact) mass is 570 g/mol. The number of carbonyl (C=O) groups excluding carboxylic acids is 1. The number of benzene rings is 1. The number of hydrogen-bond donors (Lipinski definition) is 1. The Morgan fingerprint density at radius 2 is 1.87 bits per heavy atom. The zero-order chi connectivity index (χ0) is 22.6. The van der Waals surface area contributed by atoms with Crippen molar-refractivity contribution in [2.24, 2.45) is 0 Å². The second-order valence-corrected chi connectivity index (χ2v) is 12.1. The van der Waals surface area contributed by atoms with E-state index >= 15 is 0 Å². The van der Waals surface area contributed by atoms with E-state index < -0.39 is 21.6 Å². The summed E-state index contributed by atoms with van der Waals surface area (Å²) in [6.45, 7) is 0.378. The Bertz CT molecular complexity index is 1050. The number of esters is 1. The molecule has 1 aromatic carbocycles. The molecule has 1 fully saturated rings. The largest absolute Gasteiger partial charge is 0.507 e. The minimum atomic E-state index is -3.83. The Balaban J connectivity index is 1.59. The molecule has 0 atom stereocenters. The average Bonchev–Trinajstić information content (AvgIpc) is 2.97. The minimum absolute atomic E-state index is 0.0448. The molecule has 3 rings (SSSR count). The molecule has 1 aliphatic rings. The van der Waals surface area contributed by atoms with Gasteiger partial charge < -0.3 is 14.6 Å². The summed E-state index contributed by atoms with van der Waals surface area (Å²) in [6.07, 6.45) is 5.81. The maximum Gasteiger partial charge on any atom is 0.341 e. The van der Waals surface area contributed by atoms with Gasteiger partial charge in [-0.2, -0.15) is 0 Å². The van der Waals surface area contributed by atoms with Crippen LogP contribution in [0.1, 0.15) is 48.0 Å². The number of phenols is 1. The summed E-state index contributed by atoms with van der Waals surface area (Å²) in [5.41, 5.74) is 0.247. The second-order valence-electron chi connectivity index (χ2n) is 7.17. The van der Waals surface area contributed by atoms with E-state index in [9.17, 15) is 18.3 Å². The summed E-state index contributed by atoms with van der Waals surface area (Å²) in [4.78, 5) is 12.1. The molecule has 1 aromatic heterocycles. The van der Waals surface area contributed by atoms with Crippen LogP contribution in [0.2, 0.25) is 8.67 Å². The zero-order valence-corrected chi connectivity index (χ0v) is 21.1. The van der Waals surface area contributed by atoms with Crippen molar-refractivity contribution in [1.82, 2.24) is 0 Å². The van der Waals surface area contributed by atoms with Gasteiger partial charge in [0.2, 0.25) is 0 Å². The van der Waals surface area contributed by atoms with Gasteiger partial charge in [0.05, 0.1) is 22.9 Å². The van der Waals surface area contributed by atoms with Crippen LogP contribution in [0.5, 0.6) is 5.75 Å². The van der Waals surface area contributed by atoms with Crippen molar-refractivity contribution in [3.8, 4) is 5.75 Å². The number of rotatable bonds is 8. The van der Waals surface area contributed by atoms with Crippen LogP contribution < -0.4 is 0 Å². The molecule has 2 aromatic rings. The highest BCUT2D eigenvalue weighted by Crippen LogP contribution is 2.44. The molecule has 1 saturated carbocycles. The summed E-state index contributed by atoms with van der Waals surface area (Å²) in [7, 11) is -3.83. The van der Waals surface area contributed by atoms with Crippen LogP contribution in [0.15, 0.2) is 27.6 Å². The van der Waals surface area contributed by atoms with Gasteiger partial charge in [-0.05, 0) is 46.5 Å². The molecule has 0 saturated heterocycles. The minimum Gasteiger partial charge on any atom is -0.507 e. The lowest BCUT2D eigenvalue weighted by Crippen LogP contribution is -2.20. The molecule has 31 heavy (non-hydrogen) atoms. The van der Waals surface area contributed by atoms with Crippen molar-refractivity contribution >= 4 is 66.3 Å². The first-order valence-electron chi connectivity index (χ1n) is 9.65. The van der Waals surface area contributed by atoms with Gasteiger partial charge in [0.15, 0.2) is 9.84 Å². The number of ether oxygens (including phenoxy) is 2. The molecule has 1 heterocycles. The SMILES string of the molecule is O=C(OCCOC1CCCCC1)c1ccc(CS(=O)(=O)c2c(Cl)sc(Cl)c2Br)cc1O. The quantitative estimate of drug-likeness (QED) is 0.308. The predicted octanol–water partition coefficient (Wildman–Crippen LogP) is 6.00. The van der Waals surface area contributed by atoms with E-state index in [1.54, 1.807) is 0 Å². The van der Waals surface area contributed by atoms with Gasteiger partial charge in [-0.3, -0.25) is 0 Å². The van der Waals surface area contributed by atoms with Gasteiger partial charge in [-0.25, -0.2) is 13.2 Å². The predicted molar refractivity (Wildman–Crippen MR) is 124 cm³/mol. The first-order chi connectivity index (χ1) is 14.7. The van der Waals surface area contributed by atoms with Crippen molar-refractivity contribution < 1.29 is 27.8 Å². The average molecular weight is 572 g/mol. The molecule has 0 spiro atoms. The molecule has 6 nitrogen and oxygen atoms in total. The van der Waals surface area contributed by atoms with Gasteiger partial charge in [-0.1, -0.05) is 48.5 Å². The lowest BCUT2D eigenvalue weighted by molar-refractivity contribution is -0.00516. The topological polar surface area (TPSA) is 89.9 Å². The van der Waals surface area contributed by atoms with Crippen LogP contribution in [0.4, 0.5) is 0 Å². The van der Waals surface area contributed by atoms with Gasteiger partial charge in [0.25, 0.3) is 0 Å². The van der Waals surface area contributed by atoms with Crippen LogP contribution in [0.25, 0.3) is 0 Å². The number of carbonyl (C=O) groups is 1. The van der Waals surface area contributed by atoms with E-state index in [2.05, 4.69) is 15.9 Å². The molecule has 1 N–H and O–H groups in total. The standard InChI is InChI=1S/C20H21BrCl2O6S2/c21-16-17(19(23)30-18(16)22)31(26,27)11-12-6-7-14(15(24)10-12)20(25)29-9-8-28-13-4-2-1-3-5-13/h6-7,10,13,24H,1-5,8-9,11H2. The fraction of sp³-hybridized carbons (Fsp3) is 0.450. The Kier molecular flexibility index (Phi) is 8.68. The first kappa shape index (κ1) is 24.8. The first-order valence-corrected chi connectivity index (χ1v) is 13.7. The number of hydrogen-bond acceptors (Lipinski definition) is 7. The van der Waals surface area contributed by atoms with Gasteiger partial charge in [0, 0.05) is 0 Å². The van der Waals surface area contributed by atoms with Gasteiger partial charge in [-0.15, -0.1) is 11.3 Å². The molecule has 1 aliphatic carbocycles. The van der Waals surface area contributed by atoms with Crippen LogP contribution in [0.3, 0.4) is 0 Å². The van der Waals surface area contributed by atoms with Crippen LogP contribution in [-0.2, 0) is 25.1 Å². The van der Waals surface area contributed by atoms with E-state index in [1.807, 2.05) is 0 Å². The zero-order valence-electron chi connectivity index (χ0n) is 16.4. The van der Waals surface area contributed by atoms with Crippen molar-refractivity contribution in [3.63, 3.8) is 0 Å². The van der Waals surface area contributed by atoms with E-state index in [0.717, 1.165) is 37.0 Å². The normalized spacial score (nSPS) is 15.2. The van der Waals surface area contributed by atoms with Crippen LogP contribution in [-0.4, -0.2) is 38.8 Å². The number of phenolic OH excluding ortho intramolecular Hbond substituents is 1. The highest BCUT2D eigenvalue weighted by atomic mass is 79.9. The summed E-state index contributed by atoms with van der Waals surface area (Å²) in [5, 5.41) is 10.2. The van der Waals surface area contributed by atoms with Gasteiger partial charge >= 0.3 is 5.97 Å². The number of thiophene rings is 1. The molecule has 0 aliphatic heterocycles. The van der Waals surface area contributed by atoms with E-state index in [-0.39, 0.29) is 42.1 Å².